The minimum absolute atomic E-state index is 0.0225. The highest BCUT2D eigenvalue weighted by Gasteiger charge is 2.02. The maximum absolute atomic E-state index is 8.58. The molecule has 2 rings (SSSR count). The van der Waals surface area contributed by atoms with E-state index < -0.39 is 0 Å². The largest absolute Gasteiger partial charge is 0.439 e. The normalized spacial score (nSPS) is 11.4. The highest BCUT2D eigenvalue weighted by atomic mass is 16.5. The zero-order valence-electron chi connectivity index (χ0n) is 12.0. The van der Waals surface area contributed by atoms with Gasteiger partial charge in [-0.25, -0.2) is 4.98 Å². The van der Waals surface area contributed by atoms with Gasteiger partial charge in [-0.1, -0.05) is 30.6 Å². The topological polar surface area (TPSA) is 80.7 Å². The summed E-state index contributed by atoms with van der Waals surface area (Å²) in [5.74, 6) is 1.22. The van der Waals surface area contributed by atoms with Crippen LogP contribution in [0.15, 0.2) is 47.8 Å². The van der Waals surface area contributed by atoms with E-state index in [2.05, 4.69) is 29.2 Å². The maximum Gasteiger partial charge on any atom is 0.219 e. The SMILES string of the molecule is CCCCc1ccc(Oc2ccc(/C(N)=N/O)cn2)cc1. The van der Waals surface area contributed by atoms with Crippen molar-refractivity contribution in [1.82, 2.24) is 4.98 Å². The lowest BCUT2D eigenvalue weighted by molar-refractivity contribution is 0.318. The molecular formula is C16H19N3O2. The van der Waals surface area contributed by atoms with Crippen LogP contribution in [0.4, 0.5) is 0 Å². The third kappa shape index (κ3) is 4.21. The Bertz CT molecular complexity index is 592. The molecule has 0 radical (unpaired) electrons. The van der Waals surface area contributed by atoms with E-state index in [4.69, 9.17) is 15.7 Å². The van der Waals surface area contributed by atoms with E-state index in [9.17, 15) is 0 Å². The van der Waals surface area contributed by atoms with Gasteiger partial charge in [0.25, 0.3) is 0 Å². The number of hydrogen-bond acceptors (Lipinski definition) is 4. The predicted molar refractivity (Wildman–Crippen MR) is 81.9 cm³/mol. The molecule has 0 fully saturated rings. The van der Waals surface area contributed by atoms with Crippen molar-refractivity contribution in [3.05, 3.63) is 53.7 Å². The number of nitrogens with two attached hydrogens (primary N) is 1. The number of pyridine rings is 1. The molecule has 0 saturated heterocycles. The monoisotopic (exact) mass is 285 g/mol. The molecule has 1 heterocycles. The van der Waals surface area contributed by atoms with E-state index in [0.717, 1.165) is 12.2 Å². The Morgan fingerprint density at radius 2 is 2.00 bits per heavy atom. The average Bonchev–Trinajstić information content (AvgIpc) is 2.54. The number of nitrogens with zero attached hydrogens (tertiary/aromatic N) is 2. The molecule has 21 heavy (non-hydrogen) atoms. The van der Waals surface area contributed by atoms with Crippen LogP contribution in [-0.4, -0.2) is 16.0 Å². The number of ether oxygens (including phenoxy) is 1. The first-order valence-corrected chi connectivity index (χ1v) is 6.93. The Kier molecular flexibility index (Phi) is 5.15. The number of aromatic nitrogens is 1. The summed E-state index contributed by atoms with van der Waals surface area (Å²) in [6.45, 7) is 2.18. The van der Waals surface area contributed by atoms with E-state index in [1.165, 1.54) is 24.6 Å². The molecule has 0 aliphatic carbocycles. The second-order valence-electron chi connectivity index (χ2n) is 4.72. The molecule has 2 aromatic rings. The van der Waals surface area contributed by atoms with Crippen molar-refractivity contribution >= 4 is 5.84 Å². The molecule has 1 aromatic carbocycles. The summed E-state index contributed by atoms with van der Waals surface area (Å²) in [7, 11) is 0. The van der Waals surface area contributed by atoms with Crippen molar-refractivity contribution < 1.29 is 9.94 Å². The minimum atomic E-state index is 0.0225. The summed E-state index contributed by atoms with van der Waals surface area (Å²) in [6.07, 6.45) is 4.97. The summed E-state index contributed by atoms with van der Waals surface area (Å²) in [5, 5.41) is 11.5. The van der Waals surface area contributed by atoms with Crippen molar-refractivity contribution in [2.45, 2.75) is 26.2 Å². The van der Waals surface area contributed by atoms with Crippen molar-refractivity contribution in [2.24, 2.45) is 10.9 Å². The summed E-state index contributed by atoms with van der Waals surface area (Å²) < 4.78 is 5.65. The van der Waals surface area contributed by atoms with Gasteiger partial charge in [0.15, 0.2) is 5.84 Å². The van der Waals surface area contributed by atoms with Crippen molar-refractivity contribution in [3.8, 4) is 11.6 Å². The van der Waals surface area contributed by atoms with Gasteiger partial charge in [-0.3, -0.25) is 0 Å². The van der Waals surface area contributed by atoms with Crippen LogP contribution in [0.1, 0.15) is 30.9 Å². The van der Waals surface area contributed by atoms with Gasteiger partial charge in [0.1, 0.15) is 5.75 Å². The van der Waals surface area contributed by atoms with E-state index in [1.807, 2.05) is 12.1 Å². The molecule has 0 saturated carbocycles. The molecule has 5 nitrogen and oxygen atoms in total. The van der Waals surface area contributed by atoms with Crippen molar-refractivity contribution in [2.75, 3.05) is 0 Å². The minimum Gasteiger partial charge on any atom is -0.439 e. The molecular weight excluding hydrogens is 266 g/mol. The molecule has 0 spiro atoms. The number of oxime groups is 1. The third-order valence-electron chi connectivity index (χ3n) is 3.10. The second-order valence-corrected chi connectivity index (χ2v) is 4.72. The molecule has 3 N–H and O–H groups in total. The fraction of sp³-hybridized carbons (Fsp3) is 0.250. The lowest BCUT2D eigenvalue weighted by atomic mass is 10.1. The Morgan fingerprint density at radius 3 is 2.57 bits per heavy atom. The quantitative estimate of drug-likeness (QED) is 0.369. The fourth-order valence-corrected chi connectivity index (χ4v) is 1.88. The third-order valence-corrected chi connectivity index (χ3v) is 3.10. The molecule has 0 aliphatic rings. The van der Waals surface area contributed by atoms with Crippen LogP contribution >= 0.6 is 0 Å². The van der Waals surface area contributed by atoms with Crippen molar-refractivity contribution in [1.29, 1.82) is 0 Å². The Labute approximate surface area is 124 Å². The van der Waals surface area contributed by atoms with E-state index in [-0.39, 0.29) is 5.84 Å². The molecule has 0 aliphatic heterocycles. The molecule has 0 amide bonds. The maximum atomic E-state index is 8.58. The highest BCUT2D eigenvalue weighted by molar-refractivity contribution is 5.96. The van der Waals surface area contributed by atoms with Gasteiger partial charge in [-0.15, -0.1) is 0 Å². The molecule has 0 unspecified atom stereocenters. The summed E-state index contributed by atoms with van der Waals surface area (Å²) in [6, 6.07) is 11.4. The molecule has 0 bridgehead atoms. The number of aryl methyl sites for hydroxylation is 1. The summed E-state index contributed by atoms with van der Waals surface area (Å²) in [4.78, 5) is 4.12. The first-order valence-electron chi connectivity index (χ1n) is 6.93. The van der Waals surface area contributed by atoms with Gasteiger partial charge in [0.2, 0.25) is 5.88 Å². The van der Waals surface area contributed by atoms with Gasteiger partial charge >= 0.3 is 0 Å². The van der Waals surface area contributed by atoms with Crippen LogP contribution in [0.3, 0.4) is 0 Å². The van der Waals surface area contributed by atoms with Crippen LogP contribution in [0.5, 0.6) is 11.6 Å². The number of hydrogen-bond donors (Lipinski definition) is 2. The van der Waals surface area contributed by atoms with Gasteiger partial charge in [0, 0.05) is 17.8 Å². The standard InChI is InChI=1S/C16H19N3O2/c1-2-3-4-12-5-8-14(9-6-12)21-15-10-7-13(11-18-15)16(17)19-20/h5-11,20H,2-4H2,1H3,(H2,17,19). The first kappa shape index (κ1) is 14.8. The predicted octanol–water partition coefficient (Wildman–Crippen LogP) is 3.31. The van der Waals surface area contributed by atoms with Crippen molar-refractivity contribution in [3.63, 3.8) is 0 Å². The average molecular weight is 285 g/mol. The lowest BCUT2D eigenvalue weighted by Gasteiger charge is -2.06. The number of amidine groups is 1. The number of unbranched alkanes of at least 4 members (excludes halogenated alkanes) is 1. The Morgan fingerprint density at radius 1 is 1.24 bits per heavy atom. The van der Waals surface area contributed by atoms with Crippen LogP contribution in [0.2, 0.25) is 0 Å². The van der Waals surface area contributed by atoms with Gasteiger partial charge in [0.05, 0.1) is 0 Å². The van der Waals surface area contributed by atoms with E-state index in [0.29, 0.717) is 11.4 Å². The summed E-state index contributed by atoms with van der Waals surface area (Å²) >= 11 is 0. The van der Waals surface area contributed by atoms with E-state index >= 15 is 0 Å². The molecule has 5 heteroatoms. The zero-order chi connectivity index (χ0) is 15.1. The smallest absolute Gasteiger partial charge is 0.219 e. The van der Waals surface area contributed by atoms with Gasteiger partial charge in [-0.2, -0.15) is 0 Å². The van der Waals surface area contributed by atoms with Gasteiger partial charge < -0.3 is 15.7 Å². The summed E-state index contributed by atoms with van der Waals surface area (Å²) in [5.41, 5.74) is 7.32. The highest BCUT2D eigenvalue weighted by Crippen LogP contribution is 2.20. The Hall–Kier alpha value is -2.56. The fourth-order valence-electron chi connectivity index (χ4n) is 1.88. The molecule has 110 valence electrons. The Balaban J connectivity index is 2.01. The number of rotatable bonds is 6. The van der Waals surface area contributed by atoms with Crippen LogP contribution in [-0.2, 0) is 6.42 Å². The van der Waals surface area contributed by atoms with Gasteiger partial charge in [-0.05, 0) is 36.6 Å². The zero-order valence-corrected chi connectivity index (χ0v) is 12.0. The van der Waals surface area contributed by atoms with Crippen LogP contribution < -0.4 is 10.5 Å². The van der Waals surface area contributed by atoms with Crippen LogP contribution in [0, 0.1) is 0 Å². The van der Waals surface area contributed by atoms with Crippen LogP contribution in [0.25, 0.3) is 0 Å². The second kappa shape index (κ2) is 7.28. The van der Waals surface area contributed by atoms with E-state index in [1.54, 1.807) is 12.1 Å². The molecule has 0 atom stereocenters. The first-order chi connectivity index (χ1) is 10.2. The number of benzene rings is 1. The molecule has 1 aromatic heterocycles. The lowest BCUT2D eigenvalue weighted by Crippen LogP contribution is -2.13.